The normalized spacial score (nSPS) is 14.3. The molecule has 17 heavy (non-hydrogen) atoms. The number of carbonyl (C=O) groups excluding carboxylic acids is 1. The van der Waals surface area contributed by atoms with Gasteiger partial charge in [0.2, 0.25) is 5.91 Å². The molecule has 1 amide bonds. The summed E-state index contributed by atoms with van der Waals surface area (Å²) in [6.45, 7) is 1.07. The van der Waals surface area contributed by atoms with Crippen molar-refractivity contribution in [2.75, 3.05) is 24.7 Å². The van der Waals surface area contributed by atoms with Crippen LogP contribution < -0.4 is 10.6 Å². The van der Waals surface area contributed by atoms with Gasteiger partial charge in [-0.3, -0.25) is 4.79 Å². The quantitative estimate of drug-likeness (QED) is 0.788. The van der Waals surface area contributed by atoms with Crippen molar-refractivity contribution in [3.63, 3.8) is 0 Å². The molecule has 1 aromatic carbocycles. The van der Waals surface area contributed by atoms with Gasteiger partial charge in [-0.05, 0) is 50.6 Å². The molecule has 0 aliphatic carbocycles. The van der Waals surface area contributed by atoms with E-state index in [9.17, 15) is 4.79 Å². The first-order valence-corrected chi connectivity index (χ1v) is 6.98. The summed E-state index contributed by atoms with van der Waals surface area (Å²) in [5.41, 5.74) is 2.29. The van der Waals surface area contributed by atoms with E-state index in [1.807, 2.05) is 7.05 Å². The molecule has 0 bridgehead atoms. The third kappa shape index (κ3) is 3.48. The molecule has 0 saturated carbocycles. The molecule has 1 heterocycles. The molecule has 0 saturated heterocycles. The third-order valence-electron chi connectivity index (χ3n) is 2.82. The Hall–Kier alpha value is -1.000. The Morgan fingerprint density at radius 1 is 1.41 bits per heavy atom. The van der Waals surface area contributed by atoms with Crippen LogP contribution in [0.25, 0.3) is 0 Å². The van der Waals surface area contributed by atoms with Gasteiger partial charge in [-0.25, -0.2) is 0 Å². The van der Waals surface area contributed by atoms with Crippen LogP contribution in [-0.2, 0) is 11.2 Å². The summed E-state index contributed by atoms with van der Waals surface area (Å²) in [6, 6.07) is 6.40. The van der Waals surface area contributed by atoms with E-state index in [-0.39, 0.29) is 5.91 Å². The van der Waals surface area contributed by atoms with E-state index in [2.05, 4.69) is 28.8 Å². The SMILES string of the molecule is CNCCCCc1ccc2c(c1)NC(=O)CS2. The van der Waals surface area contributed by atoms with Crippen molar-refractivity contribution in [1.82, 2.24) is 5.32 Å². The highest BCUT2D eigenvalue weighted by Gasteiger charge is 2.14. The predicted octanol–water partition coefficient (Wildman–Crippen LogP) is 2.27. The molecule has 0 atom stereocenters. The lowest BCUT2D eigenvalue weighted by Gasteiger charge is -2.17. The highest BCUT2D eigenvalue weighted by Crippen LogP contribution is 2.32. The second kappa shape index (κ2) is 6.07. The Labute approximate surface area is 106 Å². The summed E-state index contributed by atoms with van der Waals surface area (Å²) >= 11 is 1.62. The number of hydrogen-bond acceptors (Lipinski definition) is 3. The lowest BCUT2D eigenvalue weighted by molar-refractivity contribution is -0.113. The average molecular weight is 250 g/mol. The molecule has 1 aliphatic heterocycles. The Balaban J connectivity index is 1.95. The van der Waals surface area contributed by atoms with Gasteiger partial charge in [-0.2, -0.15) is 0 Å². The first-order valence-electron chi connectivity index (χ1n) is 6.00. The summed E-state index contributed by atoms with van der Waals surface area (Å²) in [5.74, 6) is 0.643. The van der Waals surface area contributed by atoms with Crippen molar-refractivity contribution in [1.29, 1.82) is 0 Å². The van der Waals surface area contributed by atoms with Crippen molar-refractivity contribution in [3.8, 4) is 0 Å². The standard InChI is InChI=1S/C13H18N2OS/c1-14-7-3-2-4-10-5-6-12-11(8-10)15-13(16)9-17-12/h5-6,8,14H,2-4,7,9H2,1H3,(H,15,16). The molecule has 0 unspecified atom stereocenters. The fraction of sp³-hybridized carbons (Fsp3) is 0.462. The number of rotatable bonds is 5. The number of hydrogen-bond donors (Lipinski definition) is 2. The van der Waals surface area contributed by atoms with Crippen LogP contribution in [0.4, 0.5) is 5.69 Å². The van der Waals surface area contributed by atoms with Gasteiger partial charge in [0.15, 0.2) is 0 Å². The summed E-state index contributed by atoms with van der Waals surface area (Å²) in [7, 11) is 1.98. The van der Waals surface area contributed by atoms with Gasteiger partial charge in [0.25, 0.3) is 0 Å². The van der Waals surface area contributed by atoms with Crippen molar-refractivity contribution in [3.05, 3.63) is 23.8 Å². The van der Waals surface area contributed by atoms with Gasteiger partial charge in [0.1, 0.15) is 0 Å². The molecule has 92 valence electrons. The van der Waals surface area contributed by atoms with Crippen LogP contribution in [0.3, 0.4) is 0 Å². The monoisotopic (exact) mass is 250 g/mol. The summed E-state index contributed by atoms with van der Waals surface area (Å²) < 4.78 is 0. The van der Waals surface area contributed by atoms with E-state index in [1.54, 1.807) is 11.8 Å². The number of fused-ring (bicyclic) bond motifs is 1. The largest absolute Gasteiger partial charge is 0.324 e. The van der Waals surface area contributed by atoms with Crippen LogP contribution in [0.5, 0.6) is 0 Å². The second-order valence-electron chi connectivity index (χ2n) is 4.23. The first-order chi connectivity index (χ1) is 8.29. The predicted molar refractivity (Wildman–Crippen MR) is 72.7 cm³/mol. The zero-order valence-corrected chi connectivity index (χ0v) is 10.9. The van der Waals surface area contributed by atoms with Gasteiger partial charge in [0, 0.05) is 4.90 Å². The summed E-state index contributed by atoms with van der Waals surface area (Å²) in [6.07, 6.45) is 3.45. The Morgan fingerprint density at radius 3 is 3.12 bits per heavy atom. The maximum absolute atomic E-state index is 11.3. The van der Waals surface area contributed by atoms with Crippen LogP contribution in [0.15, 0.2) is 23.1 Å². The van der Waals surface area contributed by atoms with Gasteiger partial charge in [-0.15, -0.1) is 11.8 Å². The summed E-state index contributed by atoms with van der Waals surface area (Å²) in [5, 5.41) is 6.08. The highest BCUT2D eigenvalue weighted by atomic mass is 32.2. The molecule has 1 aromatic rings. The fourth-order valence-electron chi connectivity index (χ4n) is 1.92. The van der Waals surface area contributed by atoms with Gasteiger partial charge >= 0.3 is 0 Å². The fourth-order valence-corrected chi connectivity index (χ4v) is 2.71. The van der Waals surface area contributed by atoms with E-state index < -0.39 is 0 Å². The number of carbonyl (C=O) groups is 1. The van der Waals surface area contributed by atoms with E-state index >= 15 is 0 Å². The molecule has 0 aromatic heterocycles. The van der Waals surface area contributed by atoms with E-state index in [0.717, 1.165) is 18.7 Å². The van der Waals surface area contributed by atoms with E-state index in [0.29, 0.717) is 5.75 Å². The molecule has 2 rings (SSSR count). The maximum Gasteiger partial charge on any atom is 0.234 e. The van der Waals surface area contributed by atoms with Gasteiger partial charge in [-0.1, -0.05) is 6.07 Å². The molecular formula is C13H18N2OS. The van der Waals surface area contributed by atoms with Crippen molar-refractivity contribution < 1.29 is 4.79 Å². The number of anilines is 1. The highest BCUT2D eigenvalue weighted by molar-refractivity contribution is 8.00. The molecule has 1 aliphatic rings. The van der Waals surface area contributed by atoms with Gasteiger partial charge in [0.05, 0.1) is 11.4 Å². The van der Waals surface area contributed by atoms with Crippen LogP contribution in [0.2, 0.25) is 0 Å². The molecule has 3 nitrogen and oxygen atoms in total. The van der Waals surface area contributed by atoms with E-state index in [4.69, 9.17) is 0 Å². The Kier molecular flexibility index (Phi) is 4.45. The van der Waals surface area contributed by atoms with Crippen molar-refractivity contribution >= 4 is 23.4 Å². The zero-order valence-electron chi connectivity index (χ0n) is 10.1. The zero-order chi connectivity index (χ0) is 12.1. The lowest BCUT2D eigenvalue weighted by atomic mass is 10.1. The van der Waals surface area contributed by atoms with E-state index in [1.165, 1.54) is 23.3 Å². The minimum Gasteiger partial charge on any atom is -0.324 e. The number of aryl methyl sites for hydroxylation is 1. The van der Waals surface area contributed by atoms with Crippen molar-refractivity contribution in [2.24, 2.45) is 0 Å². The van der Waals surface area contributed by atoms with Crippen LogP contribution in [0.1, 0.15) is 18.4 Å². The average Bonchev–Trinajstić information content (AvgIpc) is 2.34. The molecule has 4 heteroatoms. The molecular weight excluding hydrogens is 232 g/mol. The Bertz CT molecular complexity index is 406. The number of nitrogens with one attached hydrogen (secondary N) is 2. The minimum atomic E-state index is 0.106. The third-order valence-corrected chi connectivity index (χ3v) is 3.89. The number of thioether (sulfide) groups is 1. The second-order valence-corrected chi connectivity index (χ2v) is 5.25. The maximum atomic E-state index is 11.3. The number of benzene rings is 1. The van der Waals surface area contributed by atoms with Crippen LogP contribution in [-0.4, -0.2) is 25.3 Å². The topological polar surface area (TPSA) is 41.1 Å². The summed E-state index contributed by atoms with van der Waals surface area (Å²) in [4.78, 5) is 12.5. The molecule has 0 fully saturated rings. The molecule has 2 N–H and O–H groups in total. The number of amides is 1. The van der Waals surface area contributed by atoms with Crippen LogP contribution in [0, 0.1) is 0 Å². The number of unbranched alkanes of at least 4 members (excludes halogenated alkanes) is 1. The first kappa shape index (κ1) is 12.5. The smallest absolute Gasteiger partial charge is 0.234 e. The lowest BCUT2D eigenvalue weighted by Crippen LogP contribution is -2.18. The molecule has 0 spiro atoms. The van der Waals surface area contributed by atoms with Crippen molar-refractivity contribution in [2.45, 2.75) is 24.2 Å². The van der Waals surface area contributed by atoms with Gasteiger partial charge < -0.3 is 10.6 Å². The van der Waals surface area contributed by atoms with Crippen LogP contribution >= 0.6 is 11.8 Å². The molecule has 0 radical (unpaired) electrons. The minimum absolute atomic E-state index is 0.106. The Morgan fingerprint density at radius 2 is 2.29 bits per heavy atom.